The minimum Gasteiger partial charge on any atom is -0.507 e. The highest BCUT2D eigenvalue weighted by atomic mass is 16.5. The third kappa shape index (κ3) is 13.3. The van der Waals surface area contributed by atoms with Crippen LogP contribution in [0.25, 0.3) is 21.5 Å². The average molecular weight is 847 g/mol. The van der Waals surface area contributed by atoms with E-state index in [9.17, 15) is 34.2 Å². The van der Waals surface area contributed by atoms with Gasteiger partial charge in [-0.2, -0.15) is 0 Å². The number of nitrogens with one attached hydrogen (secondary N) is 4. The largest absolute Gasteiger partial charge is 0.507 e. The molecular formula is C45H42N4O13. The molecule has 0 aliphatic carbocycles. The molecule has 4 amide bonds. The highest BCUT2D eigenvalue weighted by molar-refractivity contribution is 6.09. The normalized spacial score (nSPS) is 10.1. The third-order valence-corrected chi connectivity index (χ3v) is 8.17. The van der Waals surface area contributed by atoms with Gasteiger partial charge in [-0.05, 0) is 110 Å². The van der Waals surface area contributed by atoms with E-state index in [-0.39, 0.29) is 47.0 Å². The van der Waals surface area contributed by atoms with Gasteiger partial charge >= 0.3 is 18.0 Å². The molecule has 17 heteroatoms. The van der Waals surface area contributed by atoms with E-state index in [1.165, 1.54) is 24.3 Å². The van der Waals surface area contributed by atoms with E-state index in [2.05, 4.69) is 21.3 Å². The lowest BCUT2D eigenvalue weighted by Gasteiger charge is -2.12. The average Bonchev–Trinajstić information content (AvgIpc) is 3.21. The standard InChI is InChI=1S/C41H34N4O9.2C2H4O2/c1-3-53-39(50)27-15-23-11-13-31(21-33(23)35(46)19-27)42-37(48)25-7-5-9-29(17-25)44-41(52)45-30-10-6-8-26(18-30)38(49)43-32-14-12-24-16-28(40(51)54-4-2)20-36(47)34(24)22-32;2*1-2(3)4/h5-22,46-47H,3-4H2,1-2H3,(H,42,48)(H,43,49)(H2,44,45,52);2*1H3,(H,3,4). The van der Waals surface area contributed by atoms with E-state index in [0.29, 0.717) is 44.3 Å². The zero-order valence-electron chi connectivity index (χ0n) is 33.8. The fourth-order valence-corrected chi connectivity index (χ4v) is 5.67. The summed E-state index contributed by atoms with van der Waals surface area (Å²) in [4.78, 5) is 81.4. The van der Waals surface area contributed by atoms with Crippen molar-refractivity contribution >= 4 is 86.0 Å². The first-order valence-corrected chi connectivity index (χ1v) is 18.7. The lowest BCUT2D eigenvalue weighted by atomic mass is 10.0. The molecule has 0 aliphatic heterocycles. The van der Waals surface area contributed by atoms with Crippen molar-refractivity contribution in [3.05, 3.63) is 131 Å². The summed E-state index contributed by atoms with van der Waals surface area (Å²) < 4.78 is 10.0. The number of urea groups is 1. The molecule has 0 bridgehead atoms. The van der Waals surface area contributed by atoms with E-state index in [0.717, 1.165) is 13.8 Å². The number of carbonyl (C=O) groups is 7. The summed E-state index contributed by atoms with van der Waals surface area (Å²) in [5, 5.41) is 48.8. The maximum atomic E-state index is 13.1. The third-order valence-electron chi connectivity index (χ3n) is 8.17. The molecule has 0 fully saturated rings. The summed E-state index contributed by atoms with van der Waals surface area (Å²) in [7, 11) is 0. The molecule has 17 nitrogen and oxygen atoms in total. The Kier molecular flexibility index (Phi) is 16.0. The number of aliphatic carboxylic acids is 2. The van der Waals surface area contributed by atoms with E-state index in [1.807, 2.05) is 0 Å². The molecule has 8 N–H and O–H groups in total. The zero-order chi connectivity index (χ0) is 45.5. The van der Waals surface area contributed by atoms with Crippen LogP contribution in [0.4, 0.5) is 27.5 Å². The second-order valence-electron chi connectivity index (χ2n) is 13.0. The Labute approximate surface area is 353 Å². The molecule has 320 valence electrons. The number of aromatic hydroxyl groups is 2. The van der Waals surface area contributed by atoms with Gasteiger partial charge in [0.05, 0.1) is 24.3 Å². The van der Waals surface area contributed by atoms with Gasteiger partial charge in [-0.15, -0.1) is 0 Å². The summed E-state index contributed by atoms with van der Waals surface area (Å²) in [6, 6.07) is 27.5. The van der Waals surface area contributed by atoms with Gasteiger partial charge in [-0.1, -0.05) is 24.3 Å². The first kappa shape index (κ1) is 46.2. The van der Waals surface area contributed by atoms with Crippen molar-refractivity contribution in [1.82, 2.24) is 0 Å². The molecule has 62 heavy (non-hydrogen) atoms. The minimum atomic E-state index is -0.833. The monoisotopic (exact) mass is 846 g/mol. The molecule has 0 heterocycles. The van der Waals surface area contributed by atoms with Gasteiger partial charge in [0, 0.05) is 58.5 Å². The number of carboxylic acid groups (broad SMARTS) is 2. The van der Waals surface area contributed by atoms with Crippen LogP contribution in [0.15, 0.2) is 109 Å². The Balaban J connectivity index is 0.000000972. The van der Waals surface area contributed by atoms with Crippen molar-refractivity contribution in [2.45, 2.75) is 27.7 Å². The predicted octanol–water partition coefficient (Wildman–Crippen LogP) is 8.09. The number of rotatable bonds is 10. The number of benzene rings is 6. The Bertz CT molecular complexity index is 2490. The molecule has 0 saturated carbocycles. The molecule has 0 unspecified atom stereocenters. The Morgan fingerprint density at radius 1 is 0.468 bits per heavy atom. The number of carboxylic acids is 2. The van der Waals surface area contributed by atoms with Gasteiger partial charge in [0.15, 0.2) is 0 Å². The maximum Gasteiger partial charge on any atom is 0.338 e. The Hall–Kier alpha value is -8.47. The number of hydrogen-bond donors (Lipinski definition) is 8. The van der Waals surface area contributed by atoms with Crippen LogP contribution in [0, 0.1) is 0 Å². The van der Waals surface area contributed by atoms with Crippen LogP contribution in [-0.2, 0) is 19.1 Å². The fourth-order valence-electron chi connectivity index (χ4n) is 5.67. The van der Waals surface area contributed by atoms with Crippen LogP contribution < -0.4 is 21.3 Å². The Morgan fingerprint density at radius 2 is 0.823 bits per heavy atom. The zero-order valence-corrected chi connectivity index (χ0v) is 33.8. The summed E-state index contributed by atoms with van der Waals surface area (Å²) >= 11 is 0. The molecule has 6 rings (SSSR count). The number of phenols is 2. The SMILES string of the molecule is CC(=O)O.CC(=O)O.CCOC(=O)c1cc(O)c2cc(NC(=O)c3cccc(NC(=O)Nc4cccc(C(=O)Nc5ccc6cc(C(=O)OCC)cc(O)c6c5)c4)c3)ccc2c1. The number of anilines is 4. The molecule has 0 aromatic heterocycles. The van der Waals surface area contributed by atoms with Gasteiger partial charge in [-0.25, -0.2) is 14.4 Å². The maximum absolute atomic E-state index is 13.1. The smallest absolute Gasteiger partial charge is 0.338 e. The molecular weight excluding hydrogens is 805 g/mol. The van der Waals surface area contributed by atoms with Gasteiger partial charge in [0.2, 0.25) is 0 Å². The molecule has 6 aromatic carbocycles. The van der Waals surface area contributed by atoms with E-state index >= 15 is 0 Å². The summed E-state index contributed by atoms with van der Waals surface area (Å²) in [6.45, 7) is 5.95. The van der Waals surface area contributed by atoms with E-state index in [4.69, 9.17) is 29.3 Å². The van der Waals surface area contributed by atoms with Crippen molar-refractivity contribution in [3.63, 3.8) is 0 Å². The first-order chi connectivity index (χ1) is 29.5. The second-order valence-corrected chi connectivity index (χ2v) is 13.0. The van der Waals surface area contributed by atoms with Gasteiger partial charge < -0.3 is 51.2 Å². The van der Waals surface area contributed by atoms with Gasteiger partial charge in [0.1, 0.15) is 11.5 Å². The highest BCUT2D eigenvalue weighted by Crippen LogP contribution is 2.31. The number of esters is 2. The molecule has 0 atom stereocenters. The van der Waals surface area contributed by atoms with Crippen LogP contribution in [-0.4, -0.2) is 75.4 Å². The molecule has 0 spiro atoms. The number of hydrogen-bond acceptors (Lipinski definition) is 11. The van der Waals surface area contributed by atoms with Crippen LogP contribution in [0.2, 0.25) is 0 Å². The lowest BCUT2D eigenvalue weighted by Crippen LogP contribution is -2.20. The lowest BCUT2D eigenvalue weighted by molar-refractivity contribution is -0.135. The number of amides is 4. The van der Waals surface area contributed by atoms with Gasteiger partial charge in [0.25, 0.3) is 23.8 Å². The van der Waals surface area contributed by atoms with Crippen LogP contribution in [0.1, 0.15) is 69.1 Å². The molecule has 0 radical (unpaired) electrons. The van der Waals surface area contributed by atoms with Crippen molar-refractivity contribution in [2.75, 3.05) is 34.5 Å². The summed E-state index contributed by atoms with van der Waals surface area (Å²) in [5.41, 5.74) is 2.35. The number of fused-ring (bicyclic) bond motifs is 2. The van der Waals surface area contributed by atoms with Crippen molar-refractivity contribution in [1.29, 1.82) is 0 Å². The number of carbonyl (C=O) groups excluding carboxylic acids is 5. The molecule has 0 aliphatic rings. The molecule has 0 saturated heterocycles. The topological polar surface area (TPSA) is 267 Å². The van der Waals surface area contributed by atoms with E-state index in [1.54, 1.807) is 98.8 Å². The van der Waals surface area contributed by atoms with Crippen molar-refractivity contribution in [3.8, 4) is 11.5 Å². The highest BCUT2D eigenvalue weighted by Gasteiger charge is 2.16. The predicted molar refractivity (Wildman–Crippen MR) is 231 cm³/mol. The quantitative estimate of drug-likeness (QED) is 0.0607. The van der Waals surface area contributed by atoms with Crippen molar-refractivity contribution < 1.29 is 63.5 Å². The van der Waals surface area contributed by atoms with Crippen LogP contribution in [0.3, 0.4) is 0 Å². The van der Waals surface area contributed by atoms with Crippen molar-refractivity contribution in [2.24, 2.45) is 0 Å². The minimum absolute atomic E-state index is 0.144. The van der Waals surface area contributed by atoms with Gasteiger partial charge in [-0.3, -0.25) is 19.2 Å². The number of ether oxygens (including phenoxy) is 2. The summed E-state index contributed by atoms with van der Waals surface area (Å²) in [6.07, 6.45) is 0. The second kappa shape index (κ2) is 21.5. The van der Waals surface area contributed by atoms with Crippen LogP contribution >= 0.6 is 0 Å². The first-order valence-electron chi connectivity index (χ1n) is 18.7. The summed E-state index contributed by atoms with van der Waals surface area (Å²) in [5.74, 6) is -4.00. The fraction of sp³-hybridized carbons (Fsp3) is 0.133. The number of phenolic OH excluding ortho intramolecular Hbond substituents is 2. The van der Waals surface area contributed by atoms with Crippen LogP contribution in [0.5, 0.6) is 11.5 Å². The van der Waals surface area contributed by atoms with E-state index < -0.39 is 41.7 Å². The molecule has 6 aromatic rings. The Morgan fingerprint density at radius 3 is 1.18 bits per heavy atom.